The Kier molecular flexibility index (Phi) is 6.12. The van der Waals surface area contributed by atoms with Crippen LogP contribution in [0.15, 0.2) is 29.2 Å². The van der Waals surface area contributed by atoms with Gasteiger partial charge in [-0.3, -0.25) is 4.79 Å². The summed E-state index contributed by atoms with van der Waals surface area (Å²) in [6, 6.07) is 5.20. The monoisotopic (exact) mass is 316 g/mol. The van der Waals surface area contributed by atoms with Gasteiger partial charge < -0.3 is 15.2 Å². The third kappa shape index (κ3) is 5.79. The summed E-state index contributed by atoms with van der Waals surface area (Å²) in [5.41, 5.74) is 0. The summed E-state index contributed by atoms with van der Waals surface area (Å²) in [5.74, 6) is -1.32. The fourth-order valence-corrected chi connectivity index (χ4v) is 2.35. The minimum Gasteiger partial charge on any atom is -0.482 e. The highest BCUT2D eigenvalue weighted by Gasteiger charge is 2.15. The Balaban J connectivity index is 2.66. The zero-order valence-electron chi connectivity index (χ0n) is 11.3. The van der Waals surface area contributed by atoms with Crippen molar-refractivity contribution >= 4 is 21.9 Å². The number of rotatable bonds is 8. The molecule has 0 aromatic heterocycles. The Morgan fingerprint density at radius 2 is 1.86 bits per heavy atom. The minimum absolute atomic E-state index is 0.0468. The van der Waals surface area contributed by atoms with Crippen LogP contribution in [0.3, 0.4) is 0 Å². The van der Waals surface area contributed by atoms with E-state index >= 15 is 0 Å². The van der Waals surface area contributed by atoms with Crippen molar-refractivity contribution in [2.75, 3.05) is 19.7 Å². The van der Waals surface area contributed by atoms with Gasteiger partial charge in [0.1, 0.15) is 5.75 Å². The fraction of sp³-hybridized carbons (Fsp3) is 0.333. The van der Waals surface area contributed by atoms with E-state index in [1.165, 1.54) is 24.3 Å². The van der Waals surface area contributed by atoms with Crippen LogP contribution >= 0.6 is 0 Å². The molecule has 0 aliphatic heterocycles. The predicted molar refractivity (Wildman–Crippen MR) is 73.4 cm³/mol. The zero-order chi connectivity index (χ0) is 15.9. The summed E-state index contributed by atoms with van der Waals surface area (Å²) in [5, 5.41) is 10.9. The number of hydrogen-bond acceptors (Lipinski definition) is 5. The molecule has 0 spiro atoms. The van der Waals surface area contributed by atoms with Crippen LogP contribution in [0.1, 0.15) is 6.92 Å². The van der Waals surface area contributed by atoms with Crippen molar-refractivity contribution in [1.82, 2.24) is 10.0 Å². The van der Waals surface area contributed by atoms with Gasteiger partial charge in [-0.1, -0.05) is 0 Å². The van der Waals surface area contributed by atoms with Crippen LogP contribution in [0, 0.1) is 0 Å². The molecule has 0 bridgehead atoms. The average molecular weight is 316 g/mol. The zero-order valence-corrected chi connectivity index (χ0v) is 12.1. The lowest BCUT2D eigenvalue weighted by molar-refractivity contribution is -0.139. The van der Waals surface area contributed by atoms with Gasteiger partial charge in [0.15, 0.2) is 6.61 Å². The lowest BCUT2D eigenvalue weighted by Crippen LogP contribution is -2.36. The maximum absolute atomic E-state index is 11.9. The van der Waals surface area contributed by atoms with Crippen molar-refractivity contribution in [2.24, 2.45) is 0 Å². The van der Waals surface area contributed by atoms with E-state index in [-0.39, 0.29) is 17.2 Å². The lowest BCUT2D eigenvalue weighted by atomic mass is 10.3. The molecule has 3 N–H and O–H groups in total. The third-order valence-electron chi connectivity index (χ3n) is 2.29. The van der Waals surface area contributed by atoms with E-state index in [9.17, 15) is 18.0 Å². The first-order valence-electron chi connectivity index (χ1n) is 6.06. The van der Waals surface area contributed by atoms with Gasteiger partial charge in [-0.25, -0.2) is 17.9 Å². The van der Waals surface area contributed by atoms with Crippen LogP contribution in [0.2, 0.25) is 0 Å². The molecular formula is C12H16N2O6S. The first kappa shape index (κ1) is 16.9. The maximum Gasteiger partial charge on any atom is 0.341 e. The molecule has 116 valence electrons. The molecule has 0 radical (unpaired) electrons. The van der Waals surface area contributed by atoms with Crippen molar-refractivity contribution in [3.63, 3.8) is 0 Å². The first-order valence-corrected chi connectivity index (χ1v) is 7.54. The number of sulfonamides is 1. The number of amides is 1. The molecule has 9 heteroatoms. The highest BCUT2D eigenvalue weighted by molar-refractivity contribution is 7.89. The van der Waals surface area contributed by atoms with Crippen LogP contribution in [0.25, 0.3) is 0 Å². The van der Waals surface area contributed by atoms with E-state index < -0.39 is 28.5 Å². The predicted octanol–water partition coefficient (Wildman–Crippen LogP) is -0.436. The van der Waals surface area contributed by atoms with Crippen molar-refractivity contribution in [3.8, 4) is 5.75 Å². The fourth-order valence-electron chi connectivity index (χ4n) is 1.36. The number of ether oxygens (including phenoxy) is 1. The van der Waals surface area contributed by atoms with Crippen LogP contribution in [-0.4, -0.2) is 45.1 Å². The number of carboxylic acids is 1. The van der Waals surface area contributed by atoms with Gasteiger partial charge in [0.2, 0.25) is 15.9 Å². The van der Waals surface area contributed by atoms with Gasteiger partial charge >= 0.3 is 5.97 Å². The van der Waals surface area contributed by atoms with E-state index in [4.69, 9.17) is 9.84 Å². The van der Waals surface area contributed by atoms with Gasteiger partial charge in [-0.2, -0.15) is 0 Å². The number of benzene rings is 1. The molecule has 0 aliphatic rings. The summed E-state index contributed by atoms with van der Waals surface area (Å²) in [4.78, 5) is 21.5. The molecule has 1 rings (SSSR count). The molecular weight excluding hydrogens is 300 g/mol. The maximum atomic E-state index is 11.9. The van der Waals surface area contributed by atoms with E-state index in [2.05, 4.69) is 10.0 Å². The molecule has 0 aliphatic carbocycles. The van der Waals surface area contributed by atoms with Crippen LogP contribution < -0.4 is 14.8 Å². The van der Waals surface area contributed by atoms with E-state index in [1.54, 1.807) is 6.92 Å². The molecule has 0 fully saturated rings. The Hall–Kier alpha value is -2.13. The molecule has 0 saturated carbocycles. The number of hydrogen-bond donors (Lipinski definition) is 3. The number of aliphatic carboxylic acids is 1. The molecule has 8 nitrogen and oxygen atoms in total. The lowest BCUT2D eigenvalue weighted by Gasteiger charge is -2.08. The highest BCUT2D eigenvalue weighted by Crippen LogP contribution is 2.15. The standard InChI is InChI=1S/C12H16N2O6S/c1-2-13-11(15)7-14-21(18,19)10-5-3-9(4-6-10)20-8-12(16)17/h3-6,14H,2,7-8H2,1H3,(H,13,15)(H,16,17). The molecule has 0 heterocycles. The number of likely N-dealkylation sites (N-methyl/N-ethyl adjacent to an activating group) is 1. The Labute approximate surface area is 122 Å². The Morgan fingerprint density at radius 1 is 1.24 bits per heavy atom. The summed E-state index contributed by atoms with van der Waals surface area (Å²) >= 11 is 0. The smallest absolute Gasteiger partial charge is 0.341 e. The van der Waals surface area contributed by atoms with Gasteiger partial charge in [-0.15, -0.1) is 0 Å². The molecule has 0 unspecified atom stereocenters. The van der Waals surface area contributed by atoms with Gasteiger partial charge in [-0.05, 0) is 31.2 Å². The van der Waals surface area contributed by atoms with E-state index in [1.807, 2.05) is 0 Å². The summed E-state index contributed by atoms with van der Waals surface area (Å²) < 4.78 is 30.8. The summed E-state index contributed by atoms with van der Waals surface area (Å²) in [6.45, 7) is 1.27. The highest BCUT2D eigenvalue weighted by atomic mass is 32.2. The van der Waals surface area contributed by atoms with Gasteiger partial charge in [0.25, 0.3) is 0 Å². The Bertz CT molecular complexity index is 597. The second kappa shape index (κ2) is 7.60. The molecule has 0 atom stereocenters. The molecule has 1 amide bonds. The molecule has 1 aromatic rings. The summed E-state index contributed by atoms with van der Waals surface area (Å²) in [7, 11) is -3.80. The van der Waals surface area contributed by atoms with Crippen molar-refractivity contribution in [1.29, 1.82) is 0 Å². The number of nitrogens with one attached hydrogen (secondary N) is 2. The Morgan fingerprint density at radius 3 is 2.38 bits per heavy atom. The van der Waals surface area contributed by atoms with Crippen molar-refractivity contribution in [2.45, 2.75) is 11.8 Å². The molecule has 1 aromatic carbocycles. The molecule has 21 heavy (non-hydrogen) atoms. The quantitative estimate of drug-likeness (QED) is 0.598. The van der Waals surface area contributed by atoms with Crippen molar-refractivity contribution < 1.29 is 27.9 Å². The second-order valence-electron chi connectivity index (χ2n) is 3.93. The van der Waals surface area contributed by atoms with E-state index in [0.29, 0.717) is 6.54 Å². The van der Waals surface area contributed by atoms with Crippen LogP contribution in [0.5, 0.6) is 5.75 Å². The summed E-state index contributed by atoms with van der Waals surface area (Å²) in [6.07, 6.45) is 0. The largest absolute Gasteiger partial charge is 0.482 e. The molecule has 0 saturated heterocycles. The SMILES string of the molecule is CCNC(=O)CNS(=O)(=O)c1ccc(OCC(=O)O)cc1. The third-order valence-corrected chi connectivity index (χ3v) is 3.71. The number of carbonyl (C=O) groups excluding carboxylic acids is 1. The number of carbonyl (C=O) groups is 2. The average Bonchev–Trinajstić information content (AvgIpc) is 2.44. The van der Waals surface area contributed by atoms with Gasteiger partial charge in [0.05, 0.1) is 11.4 Å². The normalized spacial score (nSPS) is 10.9. The number of carboxylic acid groups (broad SMARTS) is 1. The van der Waals surface area contributed by atoms with Crippen LogP contribution in [-0.2, 0) is 19.6 Å². The topological polar surface area (TPSA) is 122 Å². The second-order valence-corrected chi connectivity index (χ2v) is 5.70. The van der Waals surface area contributed by atoms with Gasteiger partial charge in [0, 0.05) is 6.54 Å². The van der Waals surface area contributed by atoms with Crippen molar-refractivity contribution in [3.05, 3.63) is 24.3 Å². The minimum atomic E-state index is -3.80. The van der Waals surface area contributed by atoms with E-state index in [0.717, 1.165) is 0 Å². The first-order chi connectivity index (χ1) is 9.85. The van der Waals surface area contributed by atoms with Crippen LogP contribution in [0.4, 0.5) is 0 Å².